The Morgan fingerprint density at radius 3 is 2.64 bits per heavy atom. The van der Waals surface area contributed by atoms with Crippen molar-refractivity contribution in [1.29, 1.82) is 5.41 Å². The number of nitrogens with one attached hydrogen (secondary N) is 1. The normalized spacial score (nSPS) is 17.1. The highest BCUT2D eigenvalue weighted by Crippen LogP contribution is 2.39. The Hall–Kier alpha value is -3.31. The molecule has 0 bridgehead atoms. The molecule has 4 rings (SSSR count). The molecule has 0 aromatic heterocycles. The number of carbonyl (C=O) groups is 1. The van der Waals surface area contributed by atoms with Crippen LogP contribution in [-0.4, -0.2) is 40.2 Å². The third-order valence-electron chi connectivity index (χ3n) is 4.49. The summed E-state index contributed by atoms with van der Waals surface area (Å²) in [6, 6.07) is 12.4. The Kier molecular flexibility index (Phi) is 6.17. The number of ether oxygens (including phenoxy) is 2. The van der Waals surface area contributed by atoms with Crippen LogP contribution in [0.1, 0.15) is 11.1 Å². The third kappa shape index (κ3) is 4.74. The summed E-state index contributed by atoms with van der Waals surface area (Å²) < 4.78 is 50.0. The average Bonchev–Trinajstić information content (AvgIpc) is 3.21. The van der Waals surface area contributed by atoms with E-state index in [0.29, 0.717) is 10.6 Å². The van der Waals surface area contributed by atoms with Gasteiger partial charge in [0.2, 0.25) is 10.2 Å². The first-order chi connectivity index (χ1) is 15.7. The van der Waals surface area contributed by atoms with E-state index >= 15 is 0 Å². The van der Waals surface area contributed by atoms with Gasteiger partial charge < -0.3 is 9.47 Å². The third-order valence-corrected chi connectivity index (χ3v) is 5.72. The maximum Gasteiger partial charge on any atom is 0.441 e. The van der Waals surface area contributed by atoms with Crippen molar-refractivity contribution in [1.82, 2.24) is 5.01 Å². The van der Waals surface area contributed by atoms with E-state index in [1.54, 1.807) is 0 Å². The molecule has 12 heteroatoms. The zero-order chi connectivity index (χ0) is 23.8. The number of halogens is 4. The van der Waals surface area contributed by atoms with Gasteiger partial charge in [0.1, 0.15) is 6.61 Å². The van der Waals surface area contributed by atoms with Crippen LogP contribution in [0.15, 0.2) is 58.1 Å². The lowest BCUT2D eigenvalue weighted by molar-refractivity contribution is -0.114. The number of rotatable bonds is 5. The number of alkyl halides is 3. The smallest absolute Gasteiger partial charge is 0.441 e. The van der Waals surface area contributed by atoms with Crippen molar-refractivity contribution in [3.05, 3.63) is 64.2 Å². The van der Waals surface area contributed by atoms with Crippen LogP contribution in [0, 0.1) is 5.41 Å². The molecule has 2 heterocycles. The Labute approximate surface area is 195 Å². The van der Waals surface area contributed by atoms with Crippen LogP contribution in [0.3, 0.4) is 0 Å². The molecule has 0 atom stereocenters. The van der Waals surface area contributed by atoms with Crippen LogP contribution in [-0.2, 0) is 11.4 Å². The minimum absolute atomic E-state index is 0.185. The summed E-state index contributed by atoms with van der Waals surface area (Å²) in [6.45, 7) is 0.240. The Balaban J connectivity index is 1.62. The summed E-state index contributed by atoms with van der Waals surface area (Å²) in [4.78, 5) is 16.1. The van der Waals surface area contributed by atoms with Crippen LogP contribution < -0.4 is 9.47 Å². The number of fused-ring (bicyclic) bond motifs is 1. The summed E-state index contributed by atoms with van der Waals surface area (Å²) in [7, 11) is 1.41. The SMILES string of the molecule is COc1cc(/C=C2/C(=N)N3N=C(C(F)(F)F)SC3=NC2=O)cc(Cl)c1OCc1ccccc1. The quantitative estimate of drug-likeness (QED) is 0.584. The molecule has 2 aromatic carbocycles. The highest BCUT2D eigenvalue weighted by Gasteiger charge is 2.46. The van der Waals surface area contributed by atoms with Gasteiger partial charge in [-0.2, -0.15) is 28.3 Å². The molecule has 0 spiro atoms. The molecule has 170 valence electrons. The summed E-state index contributed by atoms with van der Waals surface area (Å²) >= 11 is 6.55. The number of amidine groups is 2. The second-order valence-corrected chi connectivity index (χ2v) is 8.09. The molecule has 0 saturated carbocycles. The fraction of sp³-hybridized carbons (Fsp3) is 0.143. The van der Waals surface area contributed by atoms with Gasteiger partial charge in [-0.15, -0.1) is 0 Å². The summed E-state index contributed by atoms with van der Waals surface area (Å²) in [6.07, 6.45) is -3.43. The second kappa shape index (κ2) is 8.91. The number of hydrazone groups is 1. The molecule has 0 radical (unpaired) electrons. The Morgan fingerprint density at radius 2 is 1.97 bits per heavy atom. The number of hydrogen-bond acceptors (Lipinski definition) is 6. The number of aliphatic imine (C=N–C) groups is 1. The molecule has 2 aliphatic rings. The van der Waals surface area contributed by atoms with Gasteiger partial charge in [-0.25, -0.2) is 0 Å². The molecule has 2 aliphatic heterocycles. The van der Waals surface area contributed by atoms with Crippen LogP contribution in [0.5, 0.6) is 11.5 Å². The van der Waals surface area contributed by atoms with Gasteiger partial charge in [-0.1, -0.05) is 41.9 Å². The van der Waals surface area contributed by atoms with Gasteiger partial charge in [0.05, 0.1) is 17.7 Å². The maximum atomic E-state index is 13.0. The van der Waals surface area contributed by atoms with E-state index in [9.17, 15) is 18.0 Å². The lowest BCUT2D eigenvalue weighted by Crippen LogP contribution is -2.35. The highest BCUT2D eigenvalue weighted by atomic mass is 35.5. The van der Waals surface area contributed by atoms with Gasteiger partial charge in [-0.3, -0.25) is 10.2 Å². The van der Waals surface area contributed by atoms with Crippen molar-refractivity contribution >= 4 is 51.4 Å². The molecule has 33 heavy (non-hydrogen) atoms. The summed E-state index contributed by atoms with van der Waals surface area (Å²) in [5.74, 6) is -0.836. The number of benzene rings is 2. The monoisotopic (exact) mass is 494 g/mol. The van der Waals surface area contributed by atoms with Crippen molar-refractivity contribution in [2.24, 2.45) is 10.1 Å². The average molecular weight is 495 g/mol. The minimum atomic E-state index is -4.71. The number of hydrogen-bond donors (Lipinski definition) is 1. The van der Waals surface area contributed by atoms with Crippen LogP contribution >= 0.6 is 23.4 Å². The number of thioether (sulfide) groups is 1. The summed E-state index contributed by atoms with van der Waals surface area (Å²) in [5, 5.41) is 10.9. The molecular formula is C21H14ClF3N4O3S. The highest BCUT2D eigenvalue weighted by molar-refractivity contribution is 8.27. The fourth-order valence-electron chi connectivity index (χ4n) is 2.97. The van der Waals surface area contributed by atoms with Crippen molar-refractivity contribution < 1.29 is 27.4 Å². The maximum absolute atomic E-state index is 13.0. The van der Waals surface area contributed by atoms with E-state index in [2.05, 4.69) is 10.1 Å². The standard InChI is InChI=1S/C21H14ClF3N4O3S/c1-31-15-9-12(8-14(22)16(15)32-10-11-5-3-2-4-6-11)7-13-17(26)29-20(27-18(13)30)33-19(28-29)21(23,24)25/h2-9,26H,10H2,1H3/b13-7-,26-17?. The van der Waals surface area contributed by atoms with Gasteiger partial charge in [0.25, 0.3) is 5.91 Å². The Morgan fingerprint density at radius 1 is 1.24 bits per heavy atom. The van der Waals surface area contributed by atoms with Crippen LogP contribution in [0.2, 0.25) is 5.02 Å². The predicted octanol–water partition coefficient (Wildman–Crippen LogP) is 5.11. The first-order valence-corrected chi connectivity index (χ1v) is 10.5. The van der Waals surface area contributed by atoms with Gasteiger partial charge in [0, 0.05) is 0 Å². The fourth-order valence-corrected chi connectivity index (χ4v) is 4.00. The van der Waals surface area contributed by atoms with Crippen molar-refractivity contribution in [3.8, 4) is 11.5 Å². The van der Waals surface area contributed by atoms with E-state index in [1.807, 2.05) is 30.3 Å². The molecule has 2 aromatic rings. The molecule has 0 aliphatic carbocycles. The van der Waals surface area contributed by atoms with Gasteiger partial charge in [-0.05, 0) is 41.1 Å². The predicted molar refractivity (Wildman–Crippen MR) is 120 cm³/mol. The molecule has 1 N–H and O–H groups in total. The number of nitrogens with zero attached hydrogens (tertiary/aromatic N) is 3. The van der Waals surface area contributed by atoms with Gasteiger partial charge in [0.15, 0.2) is 17.3 Å². The number of methoxy groups -OCH3 is 1. The first-order valence-electron chi connectivity index (χ1n) is 9.29. The van der Waals surface area contributed by atoms with E-state index in [-0.39, 0.29) is 45.6 Å². The van der Waals surface area contributed by atoms with E-state index in [1.165, 1.54) is 25.3 Å². The zero-order valence-electron chi connectivity index (χ0n) is 16.8. The van der Waals surface area contributed by atoms with Crippen LogP contribution in [0.25, 0.3) is 6.08 Å². The number of amides is 1. The molecular weight excluding hydrogens is 481 g/mol. The first kappa shape index (κ1) is 22.9. The molecule has 0 unspecified atom stereocenters. The lowest BCUT2D eigenvalue weighted by Gasteiger charge is -2.20. The molecule has 7 nitrogen and oxygen atoms in total. The van der Waals surface area contributed by atoms with Crippen LogP contribution in [0.4, 0.5) is 13.2 Å². The lowest BCUT2D eigenvalue weighted by atomic mass is 10.1. The van der Waals surface area contributed by atoms with Crippen molar-refractivity contribution in [2.45, 2.75) is 12.8 Å². The topological polar surface area (TPSA) is 87.3 Å². The van der Waals surface area contributed by atoms with Crippen molar-refractivity contribution in [2.75, 3.05) is 7.11 Å². The molecule has 0 fully saturated rings. The van der Waals surface area contributed by atoms with E-state index < -0.39 is 23.0 Å². The Bertz CT molecular complexity index is 1230. The van der Waals surface area contributed by atoms with Gasteiger partial charge >= 0.3 is 6.18 Å². The second-order valence-electron chi connectivity index (χ2n) is 6.73. The van der Waals surface area contributed by atoms with E-state index in [0.717, 1.165) is 5.56 Å². The minimum Gasteiger partial charge on any atom is -0.493 e. The van der Waals surface area contributed by atoms with Crippen molar-refractivity contribution in [3.63, 3.8) is 0 Å². The number of carbonyl (C=O) groups excluding carboxylic acids is 1. The summed E-state index contributed by atoms with van der Waals surface area (Å²) in [5.41, 5.74) is 1.03. The molecule has 1 amide bonds. The largest absolute Gasteiger partial charge is 0.493 e. The van der Waals surface area contributed by atoms with E-state index in [4.69, 9.17) is 26.5 Å². The zero-order valence-corrected chi connectivity index (χ0v) is 18.4. The molecule has 0 saturated heterocycles.